The van der Waals surface area contributed by atoms with Gasteiger partial charge in [-0.15, -0.1) is 0 Å². The number of rotatable bonds is 51. The third-order valence-electron chi connectivity index (χ3n) is 13.4. The van der Waals surface area contributed by atoms with Crippen molar-refractivity contribution in [3.63, 3.8) is 0 Å². The van der Waals surface area contributed by atoms with Crippen LogP contribution in [-0.4, -0.2) is 89.6 Å². The topological polar surface area (TPSA) is 135 Å². The Bertz CT molecular complexity index is 1260. The van der Waals surface area contributed by atoms with E-state index in [1.165, 1.54) is 180 Å². The summed E-state index contributed by atoms with van der Waals surface area (Å²) in [6.45, 7) is 4.48. The Kier molecular flexibility index (Phi) is 48.7. The molecule has 1 rings (SSSR count). The van der Waals surface area contributed by atoms with E-state index in [0.29, 0.717) is 13.0 Å². The van der Waals surface area contributed by atoms with Crippen LogP contribution in [0.15, 0.2) is 60.8 Å². The van der Waals surface area contributed by atoms with Gasteiger partial charge in [-0.3, -0.25) is 4.79 Å². The van der Waals surface area contributed by atoms with E-state index < -0.39 is 43.4 Å². The molecular formula is C61H110O9. The highest BCUT2D eigenvalue weighted by Crippen LogP contribution is 2.23. The zero-order valence-electron chi connectivity index (χ0n) is 45.3. The van der Waals surface area contributed by atoms with Crippen molar-refractivity contribution in [3.8, 4) is 0 Å². The summed E-state index contributed by atoms with van der Waals surface area (Å²) in [5.74, 6) is -0.314. The van der Waals surface area contributed by atoms with Gasteiger partial charge in [-0.2, -0.15) is 0 Å². The molecule has 9 heteroatoms. The lowest BCUT2D eigenvalue weighted by molar-refractivity contribution is -0.305. The van der Waals surface area contributed by atoms with Crippen molar-refractivity contribution in [2.24, 2.45) is 0 Å². The van der Waals surface area contributed by atoms with Gasteiger partial charge in [-0.25, -0.2) is 0 Å². The second-order valence-electron chi connectivity index (χ2n) is 20.1. The van der Waals surface area contributed by atoms with E-state index in [1.807, 2.05) is 0 Å². The molecule has 408 valence electrons. The van der Waals surface area contributed by atoms with E-state index in [4.69, 9.17) is 18.9 Å². The first-order valence-corrected chi connectivity index (χ1v) is 29.4. The number of hydrogen-bond acceptors (Lipinski definition) is 9. The van der Waals surface area contributed by atoms with Gasteiger partial charge in [0.25, 0.3) is 0 Å². The van der Waals surface area contributed by atoms with Crippen LogP contribution in [0.5, 0.6) is 0 Å². The van der Waals surface area contributed by atoms with E-state index >= 15 is 0 Å². The van der Waals surface area contributed by atoms with Crippen LogP contribution in [0.4, 0.5) is 0 Å². The second-order valence-corrected chi connectivity index (χ2v) is 20.1. The van der Waals surface area contributed by atoms with Crippen LogP contribution in [0, 0.1) is 0 Å². The van der Waals surface area contributed by atoms with Crippen LogP contribution in [0.1, 0.15) is 258 Å². The van der Waals surface area contributed by atoms with Crippen molar-refractivity contribution in [2.75, 3.05) is 26.4 Å². The van der Waals surface area contributed by atoms with Crippen molar-refractivity contribution in [1.29, 1.82) is 0 Å². The molecule has 1 aliphatic heterocycles. The van der Waals surface area contributed by atoms with Gasteiger partial charge in [0.15, 0.2) is 6.29 Å². The maximum absolute atomic E-state index is 12.9. The summed E-state index contributed by atoms with van der Waals surface area (Å²) in [6, 6.07) is 0. The van der Waals surface area contributed by atoms with Crippen molar-refractivity contribution >= 4 is 5.97 Å². The molecule has 1 aliphatic rings. The number of hydrogen-bond donors (Lipinski definition) is 4. The minimum Gasteiger partial charge on any atom is -0.457 e. The summed E-state index contributed by atoms with van der Waals surface area (Å²) in [6.07, 6.45) is 61.2. The Morgan fingerprint density at radius 1 is 0.471 bits per heavy atom. The van der Waals surface area contributed by atoms with Crippen LogP contribution < -0.4 is 0 Å². The molecule has 6 unspecified atom stereocenters. The molecule has 6 atom stereocenters. The molecule has 1 heterocycles. The standard InChI is InChI=1S/C61H110O9/c1-3-5-7-9-11-13-15-17-19-21-23-25-27-28-29-30-32-34-36-38-40-42-44-46-48-50-57(63)69-55(54-68-61-60(66)59(65)58(64)56(52-62)70-61)53-67-51-49-47-45-43-41-39-37-35-33-31-26-24-22-20-18-16-14-12-10-8-6-4-2/h5,7,11,13,17,19,22-25,55-56,58-62,64-66H,3-4,6,8-10,12,14-16,18,20-21,26-54H2,1-2H3/b7-5-,13-11-,19-17-,24-22-,25-23-. The maximum atomic E-state index is 12.9. The molecule has 0 saturated carbocycles. The molecule has 0 bridgehead atoms. The van der Waals surface area contributed by atoms with Crippen LogP contribution in [0.25, 0.3) is 0 Å². The number of ether oxygens (including phenoxy) is 4. The molecule has 9 nitrogen and oxygen atoms in total. The van der Waals surface area contributed by atoms with Gasteiger partial charge < -0.3 is 39.4 Å². The predicted octanol–water partition coefficient (Wildman–Crippen LogP) is 15.4. The van der Waals surface area contributed by atoms with Gasteiger partial charge in [0.1, 0.15) is 30.5 Å². The molecular weight excluding hydrogens is 877 g/mol. The van der Waals surface area contributed by atoms with Crippen LogP contribution in [0.3, 0.4) is 0 Å². The molecule has 0 aromatic carbocycles. The van der Waals surface area contributed by atoms with Gasteiger partial charge in [-0.1, -0.05) is 235 Å². The summed E-state index contributed by atoms with van der Waals surface area (Å²) < 4.78 is 23.0. The molecule has 70 heavy (non-hydrogen) atoms. The van der Waals surface area contributed by atoms with Gasteiger partial charge in [-0.05, 0) is 77.0 Å². The highest BCUT2D eigenvalue weighted by atomic mass is 16.7. The average Bonchev–Trinajstić information content (AvgIpc) is 3.36. The summed E-state index contributed by atoms with van der Waals surface area (Å²) in [5.41, 5.74) is 0. The first kappa shape index (κ1) is 65.9. The van der Waals surface area contributed by atoms with E-state index in [9.17, 15) is 25.2 Å². The van der Waals surface area contributed by atoms with Crippen molar-refractivity contribution in [1.82, 2.24) is 0 Å². The van der Waals surface area contributed by atoms with Crippen molar-refractivity contribution in [3.05, 3.63) is 60.8 Å². The largest absolute Gasteiger partial charge is 0.457 e. The van der Waals surface area contributed by atoms with E-state index in [0.717, 1.165) is 57.8 Å². The minimum absolute atomic E-state index is 0.115. The van der Waals surface area contributed by atoms with Crippen LogP contribution in [-0.2, 0) is 23.7 Å². The molecule has 1 fully saturated rings. The fourth-order valence-electron chi connectivity index (χ4n) is 8.89. The third kappa shape index (κ3) is 41.4. The average molecular weight is 988 g/mol. The number of aliphatic hydroxyl groups is 4. The number of carbonyl (C=O) groups excluding carboxylic acids is 1. The lowest BCUT2D eigenvalue weighted by Gasteiger charge is -2.39. The number of esters is 1. The fourth-order valence-corrected chi connectivity index (χ4v) is 8.89. The lowest BCUT2D eigenvalue weighted by Crippen LogP contribution is -2.59. The normalized spacial score (nSPS) is 19.3. The smallest absolute Gasteiger partial charge is 0.306 e. The van der Waals surface area contributed by atoms with Gasteiger partial charge >= 0.3 is 5.97 Å². The zero-order chi connectivity index (χ0) is 50.6. The number of aliphatic hydroxyl groups excluding tert-OH is 4. The molecule has 0 aromatic rings. The first-order valence-electron chi connectivity index (χ1n) is 29.4. The van der Waals surface area contributed by atoms with E-state index in [1.54, 1.807) is 0 Å². The molecule has 4 N–H and O–H groups in total. The molecule has 0 amide bonds. The Hall–Kier alpha value is -2.11. The summed E-state index contributed by atoms with van der Waals surface area (Å²) in [7, 11) is 0. The molecule has 0 aliphatic carbocycles. The fraction of sp³-hybridized carbons (Fsp3) is 0.820. The van der Waals surface area contributed by atoms with Crippen LogP contribution >= 0.6 is 0 Å². The molecule has 0 radical (unpaired) electrons. The Morgan fingerprint density at radius 2 is 0.871 bits per heavy atom. The maximum Gasteiger partial charge on any atom is 0.306 e. The second kappa shape index (κ2) is 51.8. The molecule has 0 spiro atoms. The third-order valence-corrected chi connectivity index (χ3v) is 13.4. The number of allylic oxidation sites excluding steroid dienone is 10. The van der Waals surface area contributed by atoms with E-state index in [2.05, 4.69) is 74.6 Å². The number of unbranched alkanes of at least 4 members (excludes halogenated alkanes) is 30. The Labute approximate surface area is 430 Å². The first-order chi connectivity index (χ1) is 34.4. The van der Waals surface area contributed by atoms with E-state index in [-0.39, 0.29) is 19.2 Å². The Balaban J connectivity index is 2.15. The number of carbonyl (C=O) groups is 1. The minimum atomic E-state index is -1.54. The Morgan fingerprint density at radius 3 is 1.33 bits per heavy atom. The van der Waals surface area contributed by atoms with Gasteiger partial charge in [0, 0.05) is 13.0 Å². The highest BCUT2D eigenvalue weighted by molar-refractivity contribution is 5.69. The zero-order valence-corrected chi connectivity index (χ0v) is 45.3. The quantitative estimate of drug-likeness (QED) is 0.0267. The lowest BCUT2D eigenvalue weighted by atomic mass is 9.99. The van der Waals surface area contributed by atoms with Crippen molar-refractivity contribution < 1.29 is 44.2 Å². The molecule has 0 aromatic heterocycles. The highest BCUT2D eigenvalue weighted by Gasteiger charge is 2.44. The summed E-state index contributed by atoms with van der Waals surface area (Å²) in [4.78, 5) is 12.9. The predicted molar refractivity (Wildman–Crippen MR) is 293 cm³/mol. The molecule has 1 saturated heterocycles. The van der Waals surface area contributed by atoms with Gasteiger partial charge in [0.05, 0.1) is 19.8 Å². The summed E-state index contributed by atoms with van der Waals surface area (Å²) >= 11 is 0. The summed E-state index contributed by atoms with van der Waals surface area (Å²) in [5, 5.41) is 40.4. The van der Waals surface area contributed by atoms with Crippen LogP contribution in [0.2, 0.25) is 0 Å². The SMILES string of the molecule is CC/C=C\C/C=C\C/C=C\C/C=C\CCCCCCCCCCCCCCC(=O)OC(COCCCCCCCCCCCC/C=C\CCCCCCCCCC)COC1OC(CO)C(O)C(O)C1O. The van der Waals surface area contributed by atoms with Crippen molar-refractivity contribution in [2.45, 2.75) is 295 Å². The monoisotopic (exact) mass is 987 g/mol. The van der Waals surface area contributed by atoms with Gasteiger partial charge in [0.2, 0.25) is 0 Å².